The van der Waals surface area contributed by atoms with E-state index in [0.717, 1.165) is 35.8 Å². The smallest absolute Gasteiger partial charge is 0.323 e. The Morgan fingerprint density at radius 3 is 2.74 bits per heavy atom. The van der Waals surface area contributed by atoms with Crippen LogP contribution in [0.15, 0.2) is 22.7 Å². The van der Waals surface area contributed by atoms with E-state index >= 15 is 0 Å². The van der Waals surface area contributed by atoms with Crippen LogP contribution < -0.4 is 4.90 Å². The molecule has 0 saturated heterocycles. The van der Waals surface area contributed by atoms with Gasteiger partial charge in [-0.25, -0.2) is 0 Å². The van der Waals surface area contributed by atoms with Crippen molar-refractivity contribution in [1.82, 2.24) is 0 Å². The third-order valence-corrected chi connectivity index (χ3v) is 3.95. The molecule has 1 N–H and O–H groups in total. The zero-order valence-corrected chi connectivity index (χ0v) is 12.1. The highest BCUT2D eigenvalue weighted by molar-refractivity contribution is 9.10. The molecular formula is C14H15BrN2O2. The number of aliphatic carboxylic acids is 1. The van der Waals surface area contributed by atoms with Gasteiger partial charge in [0.1, 0.15) is 12.6 Å². The van der Waals surface area contributed by atoms with Gasteiger partial charge >= 0.3 is 5.97 Å². The zero-order chi connectivity index (χ0) is 13.8. The SMILES string of the molecule is N#Cc1cc(Br)ccc1N(CC(=O)O)C1CCCC1. The third-order valence-electron chi connectivity index (χ3n) is 3.46. The first-order chi connectivity index (χ1) is 9.11. The fraction of sp³-hybridized carbons (Fsp3) is 0.429. The lowest BCUT2D eigenvalue weighted by molar-refractivity contribution is -0.135. The molecule has 0 unspecified atom stereocenters. The molecule has 1 saturated carbocycles. The minimum atomic E-state index is -0.862. The van der Waals surface area contributed by atoms with Gasteiger partial charge in [0, 0.05) is 10.5 Å². The Morgan fingerprint density at radius 1 is 1.47 bits per heavy atom. The molecular weight excluding hydrogens is 308 g/mol. The molecule has 0 atom stereocenters. The quantitative estimate of drug-likeness (QED) is 0.924. The highest BCUT2D eigenvalue weighted by Gasteiger charge is 2.26. The van der Waals surface area contributed by atoms with E-state index in [9.17, 15) is 10.1 Å². The predicted octanol–water partition coefficient (Wildman–Crippen LogP) is 3.15. The van der Waals surface area contributed by atoms with E-state index in [1.165, 1.54) is 0 Å². The molecule has 0 bridgehead atoms. The van der Waals surface area contributed by atoms with Crippen molar-refractivity contribution in [2.75, 3.05) is 11.4 Å². The van der Waals surface area contributed by atoms with Gasteiger partial charge in [-0.05, 0) is 31.0 Å². The molecule has 1 fully saturated rings. The molecule has 2 rings (SSSR count). The fourth-order valence-corrected chi connectivity index (χ4v) is 2.98. The van der Waals surface area contributed by atoms with Crippen molar-refractivity contribution in [2.45, 2.75) is 31.7 Å². The molecule has 0 spiro atoms. The maximum atomic E-state index is 11.1. The second-order valence-electron chi connectivity index (χ2n) is 4.73. The van der Waals surface area contributed by atoms with E-state index in [1.807, 2.05) is 17.0 Å². The van der Waals surface area contributed by atoms with Crippen LogP contribution in [-0.4, -0.2) is 23.7 Å². The lowest BCUT2D eigenvalue weighted by Gasteiger charge is -2.30. The minimum Gasteiger partial charge on any atom is -0.480 e. The molecule has 0 heterocycles. The van der Waals surface area contributed by atoms with Gasteiger partial charge in [-0.3, -0.25) is 4.79 Å². The number of hydrogen-bond donors (Lipinski definition) is 1. The van der Waals surface area contributed by atoms with Crippen LogP contribution in [0.1, 0.15) is 31.2 Å². The number of nitriles is 1. The number of benzene rings is 1. The molecule has 19 heavy (non-hydrogen) atoms. The number of carboxylic acid groups (broad SMARTS) is 1. The van der Waals surface area contributed by atoms with Crippen LogP contribution in [0.3, 0.4) is 0 Å². The molecule has 4 nitrogen and oxygen atoms in total. The van der Waals surface area contributed by atoms with E-state index in [2.05, 4.69) is 22.0 Å². The second kappa shape index (κ2) is 6.07. The van der Waals surface area contributed by atoms with Crippen molar-refractivity contribution < 1.29 is 9.90 Å². The van der Waals surface area contributed by atoms with Gasteiger partial charge < -0.3 is 10.0 Å². The average Bonchev–Trinajstić information content (AvgIpc) is 2.89. The van der Waals surface area contributed by atoms with E-state index in [-0.39, 0.29) is 12.6 Å². The molecule has 5 heteroatoms. The standard InChI is InChI=1S/C14H15BrN2O2/c15-11-5-6-13(10(7-11)8-16)17(9-14(18)19)12-3-1-2-4-12/h5-7,12H,1-4,9H2,(H,18,19). The van der Waals surface area contributed by atoms with Crippen LogP contribution in [0.2, 0.25) is 0 Å². The van der Waals surface area contributed by atoms with Crippen LogP contribution in [-0.2, 0) is 4.79 Å². The number of carboxylic acids is 1. The molecule has 1 aliphatic rings. The summed E-state index contributed by atoms with van der Waals surface area (Å²) in [5.41, 5.74) is 1.24. The Morgan fingerprint density at radius 2 is 2.16 bits per heavy atom. The highest BCUT2D eigenvalue weighted by atomic mass is 79.9. The van der Waals surface area contributed by atoms with Crippen LogP contribution in [0, 0.1) is 11.3 Å². The fourth-order valence-electron chi connectivity index (χ4n) is 2.62. The van der Waals surface area contributed by atoms with Gasteiger partial charge in [0.05, 0.1) is 11.3 Å². The van der Waals surface area contributed by atoms with Gasteiger partial charge in [-0.1, -0.05) is 28.8 Å². The Bertz CT molecular complexity index is 519. The van der Waals surface area contributed by atoms with Crippen LogP contribution in [0.25, 0.3) is 0 Å². The van der Waals surface area contributed by atoms with Gasteiger partial charge in [-0.15, -0.1) is 0 Å². The Kier molecular flexibility index (Phi) is 4.43. The summed E-state index contributed by atoms with van der Waals surface area (Å²) < 4.78 is 0.828. The first-order valence-corrected chi connectivity index (χ1v) is 7.09. The van der Waals surface area contributed by atoms with Gasteiger partial charge in [-0.2, -0.15) is 5.26 Å². The summed E-state index contributed by atoms with van der Waals surface area (Å²) in [5.74, 6) is -0.862. The molecule has 0 aromatic heterocycles. The summed E-state index contributed by atoms with van der Waals surface area (Å²) >= 11 is 3.33. The van der Waals surface area contributed by atoms with Gasteiger partial charge in [0.2, 0.25) is 0 Å². The van der Waals surface area contributed by atoms with Crippen molar-refractivity contribution in [3.8, 4) is 6.07 Å². The maximum absolute atomic E-state index is 11.1. The first-order valence-electron chi connectivity index (χ1n) is 6.30. The minimum absolute atomic E-state index is 0.0546. The second-order valence-corrected chi connectivity index (χ2v) is 5.65. The lowest BCUT2D eigenvalue weighted by atomic mass is 10.1. The van der Waals surface area contributed by atoms with E-state index in [4.69, 9.17) is 5.11 Å². The summed E-state index contributed by atoms with van der Waals surface area (Å²) in [6.07, 6.45) is 4.24. The molecule has 100 valence electrons. The molecule has 1 aromatic carbocycles. The number of nitrogens with zero attached hydrogens (tertiary/aromatic N) is 2. The molecule has 0 radical (unpaired) electrons. The van der Waals surface area contributed by atoms with Crippen LogP contribution in [0.4, 0.5) is 5.69 Å². The topological polar surface area (TPSA) is 64.3 Å². The third kappa shape index (κ3) is 3.27. The Hall–Kier alpha value is -1.54. The van der Waals surface area contributed by atoms with Crippen molar-refractivity contribution in [2.24, 2.45) is 0 Å². The first kappa shape index (κ1) is 13.9. The van der Waals surface area contributed by atoms with E-state index < -0.39 is 5.97 Å². The Labute approximate surface area is 120 Å². The van der Waals surface area contributed by atoms with E-state index in [0.29, 0.717) is 5.56 Å². The number of anilines is 1. The van der Waals surface area contributed by atoms with Crippen molar-refractivity contribution in [1.29, 1.82) is 5.26 Å². The van der Waals surface area contributed by atoms with E-state index in [1.54, 1.807) is 6.07 Å². The predicted molar refractivity (Wildman–Crippen MR) is 76.1 cm³/mol. The number of carbonyl (C=O) groups is 1. The molecule has 1 aliphatic carbocycles. The van der Waals surface area contributed by atoms with Gasteiger partial charge in [0.25, 0.3) is 0 Å². The van der Waals surface area contributed by atoms with Crippen LogP contribution in [0.5, 0.6) is 0 Å². The summed E-state index contributed by atoms with van der Waals surface area (Å²) in [5, 5.41) is 18.3. The number of rotatable bonds is 4. The summed E-state index contributed by atoms with van der Waals surface area (Å²) in [7, 11) is 0. The number of halogens is 1. The normalized spacial score (nSPS) is 15.2. The zero-order valence-electron chi connectivity index (χ0n) is 10.5. The molecule has 0 amide bonds. The largest absolute Gasteiger partial charge is 0.480 e. The van der Waals surface area contributed by atoms with Crippen molar-refractivity contribution in [3.05, 3.63) is 28.2 Å². The maximum Gasteiger partial charge on any atom is 0.323 e. The monoisotopic (exact) mass is 322 g/mol. The lowest BCUT2D eigenvalue weighted by Crippen LogP contribution is -2.38. The molecule has 0 aliphatic heterocycles. The molecule has 1 aromatic rings. The van der Waals surface area contributed by atoms with Crippen LogP contribution >= 0.6 is 15.9 Å². The summed E-state index contributed by atoms with van der Waals surface area (Å²) in [6, 6.07) is 7.78. The average molecular weight is 323 g/mol. The number of hydrogen-bond acceptors (Lipinski definition) is 3. The Balaban J connectivity index is 2.37. The highest BCUT2D eigenvalue weighted by Crippen LogP contribution is 2.31. The summed E-state index contributed by atoms with van der Waals surface area (Å²) in [4.78, 5) is 12.9. The van der Waals surface area contributed by atoms with Crippen molar-refractivity contribution >= 4 is 27.6 Å². The van der Waals surface area contributed by atoms with Crippen molar-refractivity contribution in [3.63, 3.8) is 0 Å². The summed E-state index contributed by atoms with van der Waals surface area (Å²) in [6.45, 7) is -0.0546. The van der Waals surface area contributed by atoms with Gasteiger partial charge in [0.15, 0.2) is 0 Å².